The van der Waals surface area contributed by atoms with Gasteiger partial charge in [0.15, 0.2) is 0 Å². The van der Waals surface area contributed by atoms with Gasteiger partial charge in [-0.3, -0.25) is 0 Å². The van der Waals surface area contributed by atoms with Crippen LogP contribution in [0.15, 0.2) is 12.3 Å². The lowest BCUT2D eigenvalue weighted by atomic mass is 9.74. The second kappa shape index (κ2) is 5.68. The first kappa shape index (κ1) is 16.9. The predicted molar refractivity (Wildman–Crippen MR) is 84.6 cm³/mol. The SMILES string of the molecule is C=C(N(Cl)c1nc(C)nc(C)n1)C(C)(C)CC(C)(C)C. The van der Waals surface area contributed by atoms with Crippen molar-refractivity contribution in [2.75, 3.05) is 4.42 Å². The molecule has 0 spiro atoms. The van der Waals surface area contributed by atoms with Crippen LogP contribution in [-0.4, -0.2) is 15.0 Å². The number of aryl methyl sites for hydroxylation is 2. The third kappa shape index (κ3) is 4.44. The van der Waals surface area contributed by atoms with Crippen LogP contribution in [-0.2, 0) is 0 Å². The Hall–Kier alpha value is -1.16. The van der Waals surface area contributed by atoms with E-state index in [0.717, 1.165) is 12.1 Å². The van der Waals surface area contributed by atoms with Crippen molar-refractivity contribution >= 4 is 17.7 Å². The molecule has 0 atom stereocenters. The first-order valence-corrected chi connectivity index (χ1v) is 7.11. The van der Waals surface area contributed by atoms with Crippen LogP contribution in [0.25, 0.3) is 0 Å². The van der Waals surface area contributed by atoms with Crippen LogP contribution in [0.1, 0.15) is 52.7 Å². The summed E-state index contributed by atoms with van der Waals surface area (Å²) in [5, 5.41) is 0. The summed E-state index contributed by atoms with van der Waals surface area (Å²) in [6.45, 7) is 18.7. The molecule has 4 nitrogen and oxygen atoms in total. The van der Waals surface area contributed by atoms with Crippen LogP contribution in [0.5, 0.6) is 0 Å². The third-order valence-corrected chi connectivity index (χ3v) is 3.37. The average Bonchev–Trinajstić information content (AvgIpc) is 2.22. The Labute approximate surface area is 127 Å². The van der Waals surface area contributed by atoms with E-state index in [9.17, 15) is 0 Å². The van der Waals surface area contributed by atoms with Crippen LogP contribution in [0.3, 0.4) is 0 Å². The van der Waals surface area contributed by atoms with Crippen molar-refractivity contribution in [1.82, 2.24) is 15.0 Å². The summed E-state index contributed by atoms with van der Waals surface area (Å²) in [7, 11) is 0. The minimum Gasteiger partial charge on any atom is -0.224 e. The molecular formula is C15H25ClN4. The van der Waals surface area contributed by atoms with E-state index >= 15 is 0 Å². The first-order chi connectivity index (χ1) is 8.92. The van der Waals surface area contributed by atoms with Crippen molar-refractivity contribution in [2.45, 2.75) is 54.9 Å². The van der Waals surface area contributed by atoms with Crippen molar-refractivity contribution in [3.63, 3.8) is 0 Å². The standard InChI is InChI=1S/C15H25ClN4/c1-10(15(7,8)9-14(4,5)6)20(16)13-18-11(2)17-12(3)19-13/h1,9H2,2-8H3. The van der Waals surface area contributed by atoms with Crippen LogP contribution in [0.2, 0.25) is 0 Å². The van der Waals surface area contributed by atoms with Gasteiger partial charge in [-0.2, -0.15) is 9.97 Å². The van der Waals surface area contributed by atoms with Crippen molar-refractivity contribution in [3.05, 3.63) is 23.9 Å². The highest BCUT2D eigenvalue weighted by molar-refractivity contribution is 6.26. The van der Waals surface area contributed by atoms with E-state index in [1.807, 2.05) is 13.8 Å². The van der Waals surface area contributed by atoms with Crippen molar-refractivity contribution < 1.29 is 0 Å². The number of rotatable bonds is 4. The summed E-state index contributed by atoms with van der Waals surface area (Å²) < 4.78 is 1.45. The number of nitrogens with zero attached hydrogens (tertiary/aromatic N) is 4. The lowest BCUT2D eigenvalue weighted by molar-refractivity contribution is 0.249. The highest BCUT2D eigenvalue weighted by Crippen LogP contribution is 2.40. The molecule has 0 saturated carbocycles. The molecule has 1 aromatic rings. The Morgan fingerprint density at radius 2 is 1.50 bits per heavy atom. The molecule has 0 aliphatic heterocycles. The fourth-order valence-corrected chi connectivity index (χ4v) is 2.81. The predicted octanol–water partition coefficient (Wildman–Crippen LogP) is 4.42. The molecule has 0 unspecified atom stereocenters. The Morgan fingerprint density at radius 3 is 1.90 bits per heavy atom. The fraction of sp³-hybridized carbons (Fsp3) is 0.667. The van der Waals surface area contributed by atoms with E-state index in [0.29, 0.717) is 17.6 Å². The quantitative estimate of drug-likeness (QED) is 0.771. The topological polar surface area (TPSA) is 41.9 Å². The molecule has 0 fully saturated rings. The van der Waals surface area contributed by atoms with Gasteiger partial charge in [0.25, 0.3) is 0 Å². The van der Waals surface area contributed by atoms with E-state index in [4.69, 9.17) is 11.8 Å². The van der Waals surface area contributed by atoms with Crippen LogP contribution < -0.4 is 4.42 Å². The van der Waals surface area contributed by atoms with Gasteiger partial charge in [0, 0.05) is 22.9 Å². The molecule has 20 heavy (non-hydrogen) atoms. The van der Waals surface area contributed by atoms with Crippen LogP contribution in [0.4, 0.5) is 5.95 Å². The largest absolute Gasteiger partial charge is 0.248 e. The van der Waals surface area contributed by atoms with E-state index in [2.05, 4.69) is 56.1 Å². The van der Waals surface area contributed by atoms with Gasteiger partial charge in [-0.1, -0.05) is 41.2 Å². The van der Waals surface area contributed by atoms with E-state index in [-0.39, 0.29) is 10.8 Å². The van der Waals surface area contributed by atoms with Gasteiger partial charge in [-0.25, -0.2) is 9.40 Å². The molecule has 0 aromatic carbocycles. The minimum absolute atomic E-state index is 0.144. The second-order valence-corrected chi connectivity index (χ2v) is 7.42. The molecule has 0 radical (unpaired) electrons. The number of halogens is 1. The summed E-state index contributed by atoms with van der Waals surface area (Å²) >= 11 is 6.40. The third-order valence-electron chi connectivity index (χ3n) is 3.01. The number of hydrogen-bond acceptors (Lipinski definition) is 4. The van der Waals surface area contributed by atoms with Gasteiger partial charge in [0.2, 0.25) is 5.95 Å². The Morgan fingerprint density at radius 1 is 1.05 bits per heavy atom. The molecular weight excluding hydrogens is 272 g/mol. The summed E-state index contributed by atoms with van der Waals surface area (Å²) in [5.74, 6) is 1.74. The zero-order chi connectivity index (χ0) is 15.7. The molecule has 0 bridgehead atoms. The van der Waals surface area contributed by atoms with Gasteiger partial charge >= 0.3 is 0 Å². The maximum absolute atomic E-state index is 6.40. The average molecular weight is 297 g/mol. The Balaban J connectivity index is 3.01. The molecule has 0 aliphatic carbocycles. The molecule has 0 N–H and O–H groups in total. The van der Waals surface area contributed by atoms with Gasteiger partial charge < -0.3 is 0 Å². The molecule has 0 saturated heterocycles. The second-order valence-electron chi connectivity index (χ2n) is 7.08. The maximum Gasteiger partial charge on any atom is 0.248 e. The Kier molecular flexibility index (Phi) is 4.80. The minimum atomic E-state index is -0.144. The monoisotopic (exact) mass is 296 g/mol. The molecule has 1 heterocycles. The maximum atomic E-state index is 6.40. The van der Waals surface area contributed by atoms with Crippen molar-refractivity contribution in [1.29, 1.82) is 0 Å². The van der Waals surface area contributed by atoms with E-state index in [1.54, 1.807) is 0 Å². The fourth-order valence-electron chi connectivity index (χ4n) is 2.50. The van der Waals surface area contributed by atoms with Crippen LogP contribution in [0, 0.1) is 24.7 Å². The van der Waals surface area contributed by atoms with Crippen molar-refractivity contribution in [3.8, 4) is 0 Å². The zero-order valence-electron chi connectivity index (χ0n) is 13.6. The van der Waals surface area contributed by atoms with Gasteiger partial charge in [0.1, 0.15) is 11.6 Å². The first-order valence-electron chi connectivity index (χ1n) is 6.77. The number of allylic oxidation sites excluding steroid dienone is 1. The lowest BCUT2D eigenvalue weighted by Crippen LogP contribution is -2.30. The van der Waals surface area contributed by atoms with E-state index in [1.165, 1.54) is 4.42 Å². The molecule has 112 valence electrons. The van der Waals surface area contributed by atoms with Gasteiger partial charge in [0.05, 0.1) is 0 Å². The summed E-state index contributed by atoms with van der Waals surface area (Å²) in [4.78, 5) is 12.7. The highest BCUT2D eigenvalue weighted by Gasteiger charge is 2.32. The number of hydrogen-bond donors (Lipinski definition) is 0. The van der Waals surface area contributed by atoms with Crippen LogP contribution >= 0.6 is 11.8 Å². The summed E-state index contributed by atoms with van der Waals surface area (Å²) in [6, 6.07) is 0. The molecule has 0 amide bonds. The molecule has 1 rings (SSSR count). The van der Waals surface area contributed by atoms with E-state index < -0.39 is 0 Å². The van der Waals surface area contributed by atoms with Gasteiger partial charge in [-0.15, -0.1) is 0 Å². The van der Waals surface area contributed by atoms with Gasteiger partial charge in [-0.05, 0) is 25.7 Å². The lowest BCUT2D eigenvalue weighted by Gasteiger charge is -2.36. The molecule has 5 heteroatoms. The molecule has 1 aromatic heterocycles. The number of anilines is 1. The van der Waals surface area contributed by atoms with Crippen molar-refractivity contribution in [2.24, 2.45) is 10.8 Å². The normalized spacial score (nSPS) is 12.4. The highest BCUT2D eigenvalue weighted by atomic mass is 35.5. The molecule has 0 aliphatic rings. The number of aromatic nitrogens is 3. The smallest absolute Gasteiger partial charge is 0.224 e. The zero-order valence-corrected chi connectivity index (χ0v) is 14.3. The summed E-state index contributed by atoms with van der Waals surface area (Å²) in [5.41, 5.74) is 0.836. The Bertz CT molecular complexity index is 483. The summed E-state index contributed by atoms with van der Waals surface area (Å²) in [6.07, 6.45) is 0.963.